The molecule has 1 aromatic heterocycles. The maximum Gasteiger partial charge on any atom is 0.389 e. The summed E-state index contributed by atoms with van der Waals surface area (Å²) in [6.07, 6.45) is -4.97. The summed E-state index contributed by atoms with van der Waals surface area (Å²) >= 11 is 4.67. The molecule has 0 amide bonds. The van der Waals surface area contributed by atoms with Gasteiger partial charge in [-0.05, 0) is 18.6 Å². The highest BCUT2D eigenvalue weighted by atomic mass is 32.1. The number of nitrogens with one attached hydrogen (secondary N) is 1. The highest BCUT2D eigenvalue weighted by Gasteiger charge is 2.26. The third kappa shape index (κ3) is 3.53. The van der Waals surface area contributed by atoms with Crippen molar-refractivity contribution in [3.05, 3.63) is 4.77 Å². The van der Waals surface area contributed by atoms with Gasteiger partial charge in [0, 0.05) is 13.0 Å². The van der Waals surface area contributed by atoms with Crippen LogP contribution in [0, 0.1) is 4.77 Å². The van der Waals surface area contributed by atoms with E-state index in [2.05, 4.69) is 27.7 Å². The minimum Gasteiger partial charge on any atom is -0.242 e. The van der Waals surface area contributed by atoms with E-state index in [1.807, 2.05) is 0 Å². The lowest BCUT2D eigenvalue weighted by atomic mass is 10.3. The number of tetrazole rings is 1. The molecule has 0 atom stereocenters. The number of halogens is 3. The molecule has 0 aliphatic rings. The van der Waals surface area contributed by atoms with Crippen LogP contribution in [0.1, 0.15) is 12.8 Å². The molecular weight excluding hydrogens is 205 g/mol. The molecule has 1 heterocycles. The normalized spacial score (nSPS) is 11.9. The van der Waals surface area contributed by atoms with Gasteiger partial charge in [-0.25, -0.2) is 4.68 Å². The molecule has 0 saturated carbocycles. The standard InChI is InChI=1S/C5H7F3N4S/c6-5(7,8)2-1-3-12-4(13)9-10-11-12/h1-3H2,(H,9,11,13). The number of aromatic amines is 1. The van der Waals surface area contributed by atoms with E-state index in [9.17, 15) is 13.2 Å². The molecule has 0 spiro atoms. The van der Waals surface area contributed by atoms with Crippen molar-refractivity contribution in [3.8, 4) is 0 Å². The van der Waals surface area contributed by atoms with E-state index in [4.69, 9.17) is 0 Å². The second kappa shape index (κ2) is 3.86. The monoisotopic (exact) mass is 212 g/mol. The van der Waals surface area contributed by atoms with Gasteiger partial charge < -0.3 is 0 Å². The number of rotatable bonds is 3. The molecule has 1 aromatic rings. The van der Waals surface area contributed by atoms with Crippen molar-refractivity contribution >= 4 is 12.2 Å². The van der Waals surface area contributed by atoms with Crippen LogP contribution in [0.2, 0.25) is 0 Å². The minimum atomic E-state index is -4.12. The molecule has 8 heteroatoms. The van der Waals surface area contributed by atoms with Crippen molar-refractivity contribution in [2.24, 2.45) is 0 Å². The molecule has 0 radical (unpaired) electrons. The fraction of sp³-hybridized carbons (Fsp3) is 0.800. The Morgan fingerprint density at radius 1 is 1.46 bits per heavy atom. The minimum absolute atomic E-state index is 0.0261. The van der Waals surface area contributed by atoms with Crippen LogP contribution in [0.4, 0.5) is 13.2 Å². The summed E-state index contributed by atoms with van der Waals surface area (Å²) in [4.78, 5) is 0. The fourth-order valence-electron chi connectivity index (χ4n) is 0.799. The van der Waals surface area contributed by atoms with Gasteiger partial charge in [0.25, 0.3) is 0 Å². The van der Waals surface area contributed by atoms with Crippen LogP contribution in [0.25, 0.3) is 0 Å². The van der Waals surface area contributed by atoms with E-state index in [1.165, 1.54) is 4.68 Å². The van der Waals surface area contributed by atoms with Gasteiger partial charge in [0.05, 0.1) is 0 Å². The first-order valence-electron chi connectivity index (χ1n) is 3.54. The van der Waals surface area contributed by atoms with Gasteiger partial charge in [0.2, 0.25) is 4.77 Å². The molecule has 0 aliphatic heterocycles. The smallest absolute Gasteiger partial charge is 0.242 e. The molecule has 4 nitrogen and oxygen atoms in total. The second-order valence-electron chi connectivity index (χ2n) is 2.45. The summed E-state index contributed by atoms with van der Waals surface area (Å²) in [7, 11) is 0. The molecule has 13 heavy (non-hydrogen) atoms. The maximum absolute atomic E-state index is 11.7. The predicted molar refractivity (Wildman–Crippen MR) is 40.5 cm³/mol. The Kier molecular flexibility index (Phi) is 3.02. The molecule has 0 fully saturated rings. The summed E-state index contributed by atoms with van der Waals surface area (Å²) in [6.45, 7) is 0.158. The SMILES string of the molecule is FC(F)(F)CCCn1[nH]nnc1=S. The average molecular weight is 212 g/mol. The lowest BCUT2D eigenvalue weighted by molar-refractivity contribution is -0.136. The van der Waals surface area contributed by atoms with Crippen LogP contribution in [0.5, 0.6) is 0 Å². The molecule has 0 bridgehead atoms. The van der Waals surface area contributed by atoms with Crippen LogP contribution >= 0.6 is 12.2 Å². The summed E-state index contributed by atoms with van der Waals surface area (Å²) < 4.78 is 36.6. The molecule has 0 aliphatic carbocycles. The van der Waals surface area contributed by atoms with Gasteiger partial charge in [0.15, 0.2) is 0 Å². The van der Waals surface area contributed by atoms with Gasteiger partial charge in [-0.15, -0.1) is 0 Å². The van der Waals surface area contributed by atoms with E-state index in [0.717, 1.165) is 0 Å². The first-order valence-corrected chi connectivity index (χ1v) is 3.94. The van der Waals surface area contributed by atoms with E-state index in [-0.39, 0.29) is 17.7 Å². The second-order valence-corrected chi connectivity index (χ2v) is 2.82. The summed E-state index contributed by atoms with van der Waals surface area (Å²) in [5.41, 5.74) is 0. The number of aryl methyl sites for hydroxylation is 1. The van der Waals surface area contributed by atoms with Crippen LogP contribution < -0.4 is 0 Å². The van der Waals surface area contributed by atoms with E-state index in [1.54, 1.807) is 0 Å². The van der Waals surface area contributed by atoms with Crippen LogP contribution in [-0.2, 0) is 6.54 Å². The van der Waals surface area contributed by atoms with Gasteiger partial charge >= 0.3 is 6.18 Å². The predicted octanol–water partition coefficient (Wildman–Crippen LogP) is 1.68. The van der Waals surface area contributed by atoms with Gasteiger partial charge in [0.1, 0.15) is 0 Å². The van der Waals surface area contributed by atoms with E-state index < -0.39 is 12.6 Å². The quantitative estimate of drug-likeness (QED) is 0.775. The van der Waals surface area contributed by atoms with Crippen molar-refractivity contribution in [3.63, 3.8) is 0 Å². The Hall–Kier alpha value is -0.920. The average Bonchev–Trinajstić information content (AvgIpc) is 2.34. The van der Waals surface area contributed by atoms with E-state index in [0.29, 0.717) is 0 Å². The molecule has 74 valence electrons. The summed E-state index contributed by atoms with van der Waals surface area (Å²) in [5.74, 6) is 0. The van der Waals surface area contributed by atoms with Crippen molar-refractivity contribution in [1.82, 2.24) is 20.2 Å². The van der Waals surface area contributed by atoms with Crippen molar-refractivity contribution in [1.29, 1.82) is 0 Å². The van der Waals surface area contributed by atoms with Gasteiger partial charge in [-0.1, -0.05) is 10.3 Å². The number of H-pyrrole nitrogens is 1. The highest BCUT2D eigenvalue weighted by Crippen LogP contribution is 2.21. The number of hydrogen-bond donors (Lipinski definition) is 1. The lowest BCUT2D eigenvalue weighted by Gasteiger charge is -2.04. The van der Waals surface area contributed by atoms with Crippen LogP contribution in [0.3, 0.4) is 0 Å². The molecule has 1 rings (SSSR count). The third-order valence-electron chi connectivity index (χ3n) is 1.37. The van der Waals surface area contributed by atoms with Gasteiger partial charge in [-0.2, -0.15) is 18.4 Å². The maximum atomic E-state index is 11.7. The van der Waals surface area contributed by atoms with Crippen LogP contribution in [-0.4, -0.2) is 26.4 Å². The van der Waals surface area contributed by atoms with Crippen LogP contribution in [0.15, 0.2) is 0 Å². The third-order valence-corrected chi connectivity index (χ3v) is 1.68. The Morgan fingerprint density at radius 2 is 2.15 bits per heavy atom. The zero-order chi connectivity index (χ0) is 9.90. The molecule has 1 N–H and O–H groups in total. The Bertz CT molecular complexity index is 314. The van der Waals surface area contributed by atoms with Crippen molar-refractivity contribution < 1.29 is 13.2 Å². The van der Waals surface area contributed by atoms with E-state index >= 15 is 0 Å². The molecular formula is C5H7F3N4S. The number of alkyl halides is 3. The van der Waals surface area contributed by atoms with Gasteiger partial charge in [-0.3, -0.25) is 0 Å². The molecule has 0 unspecified atom stereocenters. The Morgan fingerprint density at radius 3 is 2.62 bits per heavy atom. The van der Waals surface area contributed by atoms with Crippen molar-refractivity contribution in [2.75, 3.05) is 0 Å². The lowest BCUT2D eigenvalue weighted by Crippen LogP contribution is -2.10. The fourth-order valence-corrected chi connectivity index (χ4v) is 0.972. The largest absolute Gasteiger partial charge is 0.389 e. The molecule has 0 aromatic carbocycles. The Labute approximate surface area is 76.7 Å². The van der Waals surface area contributed by atoms with Crippen molar-refractivity contribution in [2.45, 2.75) is 25.6 Å². The zero-order valence-electron chi connectivity index (χ0n) is 6.51. The Balaban J connectivity index is 2.37. The summed E-state index contributed by atoms with van der Waals surface area (Å²) in [6, 6.07) is 0. The first kappa shape index (κ1) is 10.2. The molecule has 0 saturated heterocycles. The number of nitrogens with zero attached hydrogens (tertiary/aromatic N) is 3. The topological polar surface area (TPSA) is 46.5 Å². The summed E-state index contributed by atoms with van der Waals surface area (Å²) in [5, 5.41) is 9.14. The number of hydrogen-bond acceptors (Lipinski definition) is 3. The first-order chi connectivity index (χ1) is 5.99. The highest BCUT2D eigenvalue weighted by molar-refractivity contribution is 7.71. The zero-order valence-corrected chi connectivity index (χ0v) is 7.32. The number of aromatic nitrogens is 4.